The highest BCUT2D eigenvalue weighted by atomic mass is 32.2. The average molecular weight is 411 g/mol. The first-order chi connectivity index (χ1) is 13.5. The zero-order chi connectivity index (χ0) is 19.9. The zero-order valence-electron chi connectivity index (χ0n) is 15.9. The molecule has 2 fully saturated rings. The molecule has 1 saturated carbocycles. The number of amides is 3. The third-order valence-electron chi connectivity index (χ3n) is 4.61. The topological polar surface area (TPSA) is 79.9 Å². The van der Waals surface area contributed by atoms with Gasteiger partial charge in [0.15, 0.2) is 11.6 Å². The lowest BCUT2D eigenvalue weighted by molar-refractivity contribution is -0.118. The molecule has 0 spiro atoms. The van der Waals surface area contributed by atoms with Crippen molar-refractivity contribution < 1.29 is 23.5 Å². The third-order valence-corrected chi connectivity index (χ3v) is 5.42. The van der Waals surface area contributed by atoms with Crippen LogP contribution in [0.25, 0.3) is 0 Å². The van der Waals surface area contributed by atoms with Crippen molar-refractivity contribution in [2.75, 3.05) is 32.2 Å². The van der Waals surface area contributed by atoms with E-state index in [0.717, 1.165) is 5.56 Å². The first-order valence-electron chi connectivity index (χ1n) is 9.49. The van der Waals surface area contributed by atoms with Crippen LogP contribution in [0.15, 0.2) is 18.2 Å². The fraction of sp³-hybridized carbons (Fsp3) is 0.579. The van der Waals surface area contributed by atoms with E-state index < -0.39 is 0 Å². The minimum absolute atomic E-state index is 0.0109. The SMILES string of the molecule is CC(NSCOCCCN1CC(=O)NC1=O)c1ccc(F)c(OCC2CC2)c1. The van der Waals surface area contributed by atoms with Crippen LogP contribution in [0.3, 0.4) is 0 Å². The predicted octanol–water partition coefficient (Wildman–Crippen LogP) is 2.83. The van der Waals surface area contributed by atoms with Gasteiger partial charge in [-0.05, 0) is 49.8 Å². The first kappa shape index (κ1) is 20.9. The van der Waals surface area contributed by atoms with Gasteiger partial charge in [0.25, 0.3) is 0 Å². The molecule has 1 unspecified atom stereocenters. The summed E-state index contributed by atoms with van der Waals surface area (Å²) in [4.78, 5) is 23.9. The lowest BCUT2D eigenvalue weighted by atomic mass is 10.1. The van der Waals surface area contributed by atoms with Crippen LogP contribution in [0.4, 0.5) is 9.18 Å². The molecule has 1 atom stereocenters. The maximum absolute atomic E-state index is 13.9. The van der Waals surface area contributed by atoms with Gasteiger partial charge in [0, 0.05) is 19.2 Å². The summed E-state index contributed by atoms with van der Waals surface area (Å²) in [5.74, 6) is 0.736. The van der Waals surface area contributed by atoms with E-state index >= 15 is 0 Å². The van der Waals surface area contributed by atoms with Gasteiger partial charge in [-0.3, -0.25) is 14.8 Å². The maximum Gasteiger partial charge on any atom is 0.324 e. The Bertz CT molecular complexity index is 702. The molecule has 9 heteroatoms. The highest BCUT2D eigenvalue weighted by molar-refractivity contribution is 7.97. The van der Waals surface area contributed by atoms with Crippen LogP contribution < -0.4 is 14.8 Å². The summed E-state index contributed by atoms with van der Waals surface area (Å²) in [6.45, 7) is 3.69. The minimum atomic E-state index is -0.338. The van der Waals surface area contributed by atoms with Gasteiger partial charge in [0.05, 0.1) is 6.61 Å². The molecule has 1 aliphatic heterocycles. The molecule has 1 aromatic carbocycles. The second-order valence-electron chi connectivity index (χ2n) is 7.08. The van der Waals surface area contributed by atoms with E-state index in [9.17, 15) is 14.0 Å². The Balaban J connectivity index is 1.29. The van der Waals surface area contributed by atoms with Crippen molar-refractivity contribution in [2.45, 2.75) is 32.2 Å². The number of nitrogens with one attached hydrogen (secondary N) is 2. The van der Waals surface area contributed by atoms with Crippen LogP contribution in [-0.2, 0) is 9.53 Å². The number of benzene rings is 1. The van der Waals surface area contributed by atoms with E-state index in [2.05, 4.69) is 10.0 Å². The van der Waals surface area contributed by atoms with Crippen molar-refractivity contribution >= 4 is 23.9 Å². The molecular weight excluding hydrogens is 385 g/mol. The normalized spacial score (nSPS) is 17.7. The lowest BCUT2D eigenvalue weighted by Gasteiger charge is -2.16. The molecule has 3 amide bonds. The fourth-order valence-electron chi connectivity index (χ4n) is 2.74. The summed E-state index contributed by atoms with van der Waals surface area (Å²) in [5, 5.41) is 2.24. The molecule has 1 aromatic rings. The summed E-state index contributed by atoms with van der Waals surface area (Å²) < 4.78 is 28.3. The Hall–Kier alpha value is -1.84. The molecule has 0 aromatic heterocycles. The number of carbonyl (C=O) groups excluding carboxylic acids is 2. The first-order valence-corrected chi connectivity index (χ1v) is 10.5. The van der Waals surface area contributed by atoms with Gasteiger partial charge in [0.2, 0.25) is 5.91 Å². The predicted molar refractivity (Wildman–Crippen MR) is 104 cm³/mol. The quantitative estimate of drug-likeness (QED) is 0.238. The maximum atomic E-state index is 13.9. The zero-order valence-corrected chi connectivity index (χ0v) is 16.7. The molecule has 28 heavy (non-hydrogen) atoms. The second-order valence-corrected chi connectivity index (χ2v) is 7.84. The Labute approximate surface area is 168 Å². The van der Waals surface area contributed by atoms with Crippen LogP contribution in [-0.4, -0.2) is 49.1 Å². The number of nitrogens with zero attached hydrogens (tertiary/aromatic N) is 1. The summed E-state index contributed by atoms with van der Waals surface area (Å²) in [5.41, 5.74) is 0.949. The van der Waals surface area contributed by atoms with Crippen LogP contribution >= 0.6 is 11.9 Å². The number of urea groups is 1. The van der Waals surface area contributed by atoms with E-state index in [1.807, 2.05) is 6.92 Å². The van der Waals surface area contributed by atoms with E-state index in [1.165, 1.54) is 35.8 Å². The number of imide groups is 1. The number of hydrogen-bond acceptors (Lipinski definition) is 6. The number of hydrogen-bond donors (Lipinski definition) is 2. The molecule has 1 heterocycles. The second kappa shape index (κ2) is 10.1. The van der Waals surface area contributed by atoms with Crippen LogP contribution in [0.1, 0.15) is 37.8 Å². The van der Waals surface area contributed by atoms with E-state index in [-0.39, 0.29) is 30.3 Å². The molecule has 2 N–H and O–H groups in total. The van der Waals surface area contributed by atoms with Crippen molar-refractivity contribution in [1.82, 2.24) is 14.9 Å². The average Bonchev–Trinajstić information content (AvgIpc) is 3.44. The summed E-state index contributed by atoms with van der Waals surface area (Å²) in [6, 6.07) is 4.61. The molecule has 0 radical (unpaired) electrons. The summed E-state index contributed by atoms with van der Waals surface area (Å²) >= 11 is 1.42. The van der Waals surface area contributed by atoms with E-state index in [1.54, 1.807) is 12.1 Å². The van der Waals surface area contributed by atoms with Crippen molar-refractivity contribution in [3.05, 3.63) is 29.6 Å². The van der Waals surface area contributed by atoms with Gasteiger partial charge in [-0.1, -0.05) is 18.0 Å². The van der Waals surface area contributed by atoms with Crippen molar-refractivity contribution in [1.29, 1.82) is 0 Å². The number of carbonyl (C=O) groups is 2. The third kappa shape index (κ3) is 6.35. The van der Waals surface area contributed by atoms with E-state index in [4.69, 9.17) is 9.47 Å². The highest BCUT2D eigenvalue weighted by Gasteiger charge is 2.25. The van der Waals surface area contributed by atoms with Crippen LogP contribution in [0, 0.1) is 11.7 Å². The molecule has 3 rings (SSSR count). The standard InChI is InChI=1S/C19H26FN3O4S/c1-13(15-5-6-16(20)17(9-15)27-11-14-3-4-14)22-28-12-26-8-2-7-23-10-18(24)21-19(23)25/h5-6,9,13-14,22H,2-4,7-8,10-12H2,1H3,(H,21,24,25). The number of rotatable bonds is 12. The lowest BCUT2D eigenvalue weighted by Crippen LogP contribution is -2.29. The molecule has 2 aliphatic rings. The van der Waals surface area contributed by atoms with Crippen molar-refractivity contribution in [3.63, 3.8) is 0 Å². The van der Waals surface area contributed by atoms with Gasteiger partial charge >= 0.3 is 6.03 Å². The number of ether oxygens (including phenoxy) is 2. The highest BCUT2D eigenvalue weighted by Crippen LogP contribution is 2.31. The molecule has 1 aliphatic carbocycles. The van der Waals surface area contributed by atoms with Crippen LogP contribution in [0.5, 0.6) is 5.75 Å². The molecule has 1 saturated heterocycles. The Morgan fingerprint density at radius 1 is 1.39 bits per heavy atom. The van der Waals surface area contributed by atoms with Gasteiger partial charge in [-0.25, -0.2) is 9.18 Å². The molecule has 0 bridgehead atoms. The smallest absolute Gasteiger partial charge is 0.324 e. The largest absolute Gasteiger partial charge is 0.490 e. The Morgan fingerprint density at radius 3 is 2.93 bits per heavy atom. The molecule has 154 valence electrons. The molecular formula is C19H26FN3O4S. The summed E-state index contributed by atoms with van der Waals surface area (Å²) in [6.07, 6.45) is 3.00. The minimum Gasteiger partial charge on any atom is -0.490 e. The van der Waals surface area contributed by atoms with Gasteiger partial charge < -0.3 is 14.4 Å². The van der Waals surface area contributed by atoms with Gasteiger partial charge in [-0.2, -0.15) is 0 Å². The van der Waals surface area contributed by atoms with E-state index in [0.29, 0.717) is 43.8 Å². The van der Waals surface area contributed by atoms with Crippen molar-refractivity contribution in [3.8, 4) is 5.75 Å². The number of halogens is 1. The van der Waals surface area contributed by atoms with Gasteiger partial charge in [-0.15, -0.1) is 0 Å². The monoisotopic (exact) mass is 411 g/mol. The van der Waals surface area contributed by atoms with Crippen LogP contribution in [0.2, 0.25) is 0 Å². The Morgan fingerprint density at radius 2 is 2.21 bits per heavy atom. The Kier molecular flexibility index (Phi) is 7.52. The van der Waals surface area contributed by atoms with Crippen molar-refractivity contribution in [2.24, 2.45) is 5.92 Å². The van der Waals surface area contributed by atoms with Gasteiger partial charge in [0.1, 0.15) is 12.5 Å². The fourth-order valence-corrected chi connectivity index (χ4v) is 3.40. The molecule has 7 nitrogen and oxygen atoms in total. The summed E-state index contributed by atoms with van der Waals surface area (Å²) in [7, 11) is 0.